The van der Waals surface area contributed by atoms with Gasteiger partial charge in [0.2, 0.25) is 17.7 Å². The molecule has 0 spiro atoms. The minimum atomic E-state index is -0.278. The summed E-state index contributed by atoms with van der Waals surface area (Å²) >= 11 is 6.02. The van der Waals surface area contributed by atoms with Crippen molar-refractivity contribution in [3.8, 4) is 0 Å². The number of halogens is 1. The summed E-state index contributed by atoms with van der Waals surface area (Å²) < 4.78 is 0. The first-order valence-electron chi connectivity index (χ1n) is 9.14. The molecular formula is C20H19ClN2O3. The van der Waals surface area contributed by atoms with Gasteiger partial charge < -0.3 is 5.32 Å². The second-order valence-corrected chi connectivity index (χ2v) is 8.20. The second-order valence-electron chi connectivity index (χ2n) is 7.76. The van der Waals surface area contributed by atoms with Crippen LogP contribution in [0.1, 0.15) is 30.0 Å². The molecule has 0 aromatic heterocycles. The number of imide groups is 1. The molecule has 5 nitrogen and oxygen atoms in total. The number of nitrogens with one attached hydrogen (secondary N) is 1. The van der Waals surface area contributed by atoms with Crippen LogP contribution in [0.25, 0.3) is 0 Å². The molecule has 1 heterocycles. The zero-order valence-corrected chi connectivity index (χ0v) is 14.9. The van der Waals surface area contributed by atoms with E-state index >= 15 is 0 Å². The lowest BCUT2D eigenvalue weighted by molar-refractivity contribution is -0.144. The van der Waals surface area contributed by atoms with Gasteiger partial charge in [0.15, 0.2) is 0 Å². The lowest BCUT2D eigenvalue weighted by Crippen LogP contribution is -2.42. The number of rotatable bonds is 3. The summed E-state index contributed by atoms with van der Waals surface area (Å²) in [5.74, 6) is -0.794. The summed E-state index contributed by atoms with van der Waals surface area (Å²) in [6.07, 6.45) is 6.68. The molecule has 2 fully saturated rings. The SMILES string of the molecule is O=C(CN1C(=O)C2C3C=CC(C3)C2C1=O)NC1CCc2cc(Cl)ccc21. The maximum Gasteiger partial charge on any atom is 0.240 e. The number of hydrogen-bond donors (Lipinski definition) is 1. The van der Waals surface area contributed by atoms with Crippen molar-refractivity contribution >= 4 is 29.3 Å². The number of amides is 3. The third-order valence-electron chi connectivity index (χ3n) is 6.38. The Bertz CT molecular complexity index is 835. The van der Waals surface area contributed by atoms with Crippen molar-refractivity contribution in [2.75, 3.05) is 6.54 Å². The molecule has 1 N–H and O–H groups in total. The molecule has 1 aliphatic heterocycles. The van der Waals surface area contributed by atoms with Gasteiger partial charge in [0.25, 0.3) is 0 Å². The number of fused-ring (bicyclic) bond motifs is 6. The minimum absolute atomic E-state index is 0.0834. The molecule has 1 aromatic rings. The number of allylic oxidation sites excluding steroid dienone is 2. The number of likely N-dealkylation sites (tertiary alicyclic amines) is 1. The summed E-state index contributed by atoms with van der Waals surface area (Å²) in [4.78, 5) is 39.0. The van der Waals surface area contributed by atoms with E-state index in [-0.39, 0.29) is 54.0 Å². The standard InChI is InChI=1S/C20H19ClN2O3/c21-13-4-5-14-10(8-13)3-6-15(14)22-16(24)9-23-19(25)17-11-1-2-12(7-11)18(17)20(23)26/h1-2,4-5,8,11-12,15,17-18H,3,6-7,9H2,(H,22,24). The van der Waals surface area contributed by atoms with E-state index in [9.17, 15) is 14.4 Å². The van der Waals surface area contributed by atoms with Crippen LogP contribution in [0.3, 0.4) is 0 Å². The van der Waals surface area contributed by atoms with Crippen LogP contribution < -0.4 is 5.32 Å². The molecule has 5 atom stereocenters. The molecule has 134 valence electrons. The van der Waals surface area contributed by atoms with E-state index in [0.717, 1.165) is 30.4 Å². The number of benzene rings is 1. The molecule has 0 radical (unpaired) electrons. The fourth-order valence-corrected chi connectivity index (χ4v) is 5.43. The van der Waals surface area contributed by atoms with Crippen molar-refractivity contribution in [3.05, 3.63) is 46.5 Å². The lowest BCUT2D eigenvalue weighted by atomic mass is 9.85. The first kappa shape index (κ1) is 16.1. The van der Waals surface area contributed by atoms with E-state index < -0.39 is 0 Å². The fourth-order valence-electron chi connectivity index (χ4n) is 5.24. The van der Waals surface area contributed by atoms with Gasteiger partial charge in [0.1, 0.15) is 6.54 Å². The number of carbonyl (C=O) groups excluding carboxylic acids is 3. The van der Waals surface area contributed by atoms with Gasteiger partial charge in [-0.15, -0.1) is 0 Å². The van der Waals surface area contributed by atoms with Gasteiger partial charge in [-0.05, 0) is 54.4 Å². The van der Waals surface area contributed by atoms with Gasteiger partial charge in [-0.25, -0.2) is 0 Å². The number of hydrogen-bond acceptors (Lipinski definition) is 3. The van der Waals surface area contributed by atoms with Crippen LogP contribution in [-0.2, 0) is 20.8 Å². The Labute approximate surface area is 156 Å². The number of aryl methyl sites for hydroxylation is 1. The highest BCUT2D eigenvalue weighted by Crippen LogP contribution is 2.52. The normalized spacial score (nSPS) is 33.7. The maximum atomic E-state index is 12.7. The summed E-state index contributed by atoms with van der Waals surface area (Å²) in [7, 11) is 0. The average Bonchev–Trinajstić information content (AvgIpc) is 3.36. The lowest BCUT2D eigenvalue weighted by Gasteiger charge is -2.19. The van der Waals surface area contributed by atoms with E-state index in [1.165, 1.54) is 4.90 Å². The predicted octanol–water partition coefficient (Wildman–Crippen LogP) is 2.25. The van der Waals surface area contributed by atoms with Crippen molar-refractivity contribution in [2.45, 2.75) is 25.3 Å². The van der Waals surface area contributed by atoms with Gasteiger partial charge in [-0.3, -0.25) is 19.3 Å². The largest absolute Gasteiger partial charge is 0.348 e. The average molecular weight is 371 g/mol. The van der Waals surface area contributed by atoms with Crippen molar-refractivity contribution < 1.29 is 14.4 Å². The van der Waals surface area contributed by atoms with E-state index in [1.807, 2.05) is 18.2 Å². The van der Waals surface area contributed by atoms with Gasteiger partial charge in [-0.2, -0.15) is 0 Å². The summed E-state index contributed by atoms with van der Waals surface area (Å²) in [5.41, 5.74) is 2.22. The van der Waals surface area contributed by atoms with Gasteiger partial charge in [0, 0.05) is 5.02 Å². The van der Waals surface area contributed by atoms with E-state index in [1.54, 1.807) is 0 Å². The Morgan fingerprint density at radius 2 is 1.85 bits per heavy atom. The first-order valence-corrected chi connectivity index (χ1v) is 9.52. The van der Waals surface area contributed by atoms with E-state index in [2.05, 4.69) is 17.5 Å². The molecule has 1 aromatic carbocycles. The van der Waals surface area contributed by atoms with E-state index in [4.69, 9.17) is 11.6 Å². The molecule has 1 saturated carbocycles. The van der Waals surface area contributed by atoms with Crippen LogP contribution in [0.5, 0.6) is 0 Å². The minimum Gasteiger partial charge on any atom is -0.348 e. The molecule has 2 bridgehead atoms. The molecule has 4 aliphatic rings. The highest BCUT2D eigenvalue weighted by Gasteiger charge is 2.59. The van der Waals surface area contributed by atoms with Crippen LogP contribution in [0.15, 0.2) is 30.4 Å². The fraction of sp³-hybridized carbons (Fsp3) is 0.450. The maximum absolute atomic E-state index is 12.7. The van der Waals surface area contributed by atoms with Crippen LogP contribution in [0.4, 0.5) is 0 Å². The van der Waals surface area contributed by atoms with Crippen LogP contribution in [0.2, 0.25) is 5.02 Å². The van der Waals surface area contributed by atoms with Crippen LogP contribution >= 0.6 is 11.6 Å². The molecule has 1 saturated heterocycles. The zero-order valence-electron chi connectivity index (χ0n) is 14.2. The molecule has 5 rings (SSSR count). The number of carbonyl (C=O) groups is 3. The third-order valence-corrected chi connectivity index (χ3v) is 6.62. The Kier molecular flexibility index (Phi) is 3.51. The molecule has 3 amide bonds. The number of nitrogens with zero attached hydrogens (tertiary/aromatic N) is 1. The van der Waals surface area contributed by atoms with Crippen molar-refractivity contribution in [3.63, 3.8) is 0 Å². The molecular weight excluding hydrogens is 352 g/mol. The molecule has 3 aliphatic carbocycles. The van der Waals surface area contributed by atoms with Gasteiger partial charge >= 0.3 is 0 Å². The molecule has 26 heavy (non-hydrogen) atoms. The first-order chi connectivity index (χ1) is 12.5. The Morgan fingerprint density at radius 3 is 2.54 bits per heavy atom. The summed E-state index contributed by atoms with van der Waals surface area (Å²) in [6.45, 7) is -0.177. The van der Waals surface area contributed by atoms with Crippen molar-refractivity contribution in [1.29, 1.82) is 0 Å². The quantitative estimate of drug-likeness (QED) is 0.655. The zero-order chi connectivity index (χ0) is 18.0. The predicted molar refractivity (Wildman–Crippen MR) is 95.1 cm³/mol. The van der Waals surface area contributed by atoms with Crippen molar-refractivity contribution in [2.24, 2.45) is 23.7 Å². The monoisotopic (exact) mass is 370 g/mol. The smallest absolute Gasteiger partial charge is 0.240 e. The molecule has 5 unspecified atom stereocenters. The summed E-state index contributed by atoms with van der Waals surface area (Å²) in [6, 6.07) is 5.61. The van der Waals surface area contributed by atoms with Crippen molar-refractivity contribution in [1.82, 2.24) is 10.2 Å². The van der Waals surface area contributed by atoms with E-state index in [0.29, 0.717) is 5.02 Å². The highest BCUT2D eigenvalue weighted by molar-refractivity contribution is 6.30. The molecule has 6 heteroatoms. The highest BCUT2D eigenvalue weighted by atomic mass is 35.5. The Morgan fingerprint density at radius 1 is 1.15 bits per heavy atom. The summed E-state index contributed by atoms with van der Waals surface area (Å²) in [5, 5.41) is 3.68. The van der Waals surface area contributed by atoms with Gasteiger partial charge in [0.05, 0.1) is 17.9 Å². The Balaban J connectivity index is 1.28. The second kappa shape index (κ2) is 5.68. The van der Waals surface area contributed by atoms with Crippen LogP contribution in [0, 0.1) is 23.7 Å². The third kappa shape index (κ3) is 2.26. The topological polar surface area (TPSA) is 66.5 Å². The van der Waals surface area contributed by atoms with Gasteiger partial charge in [-0.1, -0.05) is 29.8 Å². The Hall–Kier alpha value is -2.14. The van der Waals surface area contributed by atoms with Crippen LogP contribution in [-0.4, -0.2) is 29.2 Å².